The van der Waals surface area contributed by atoms with E-state index in [4.69, 9.17) is 0 Å². The lowest BCUT2D eigenvalue weighted by molar-refractivity contribution is 0.205. The van der Waals surface area contributed by atoms with Crippen molar-refractivity contribution in [2.45, 2.75) is 32.2 Å². The number of nitrogens with zero attached hydrogens (tertiary/aromatic N) is 2. The Balaban J connectivity index is 1.93. The number of carbonyl (C=O) groups is 1. The third-order valence-corrected chi connectivity index (χ3v) is 5.88. The first-order valence-corrected chi connectivity index (χ1v) is 8.44. The van der Waals surface area contributed by atoms with Crippen LogP contribution in [0.1, 0.15) is 31.2 Å². The van der Waals surface area contributed by atoms with Crippen LogP contribution >= 0.6 is 15.9 Å². The first-order chi connectivity index (χ1) is 9.65. The highest BCUT2D eigenvalue weighted by Gasteiger charge is 2.38. The van der Waals surface area contributed by atoms with Gasteiger partial charge in [-0.05, 0) is 29.9 Å². The summed E-state index contributed by atoms with van der Waals surface area (Å²) >= 11 is 3.68. The zero-order valence-electron chi connectivity index (χ0n) is 11.9. The number of rotatable bonds is 3. The number of hydrogen-bond donors (Lipinski definition) is 0. The average Bonchev–Trinajstić information content (AvgIpc) is 2.93. The third kappa shape index (κ3) is 2.34. The van der Waals surface area contributed by atoms with Crippen LogP contribution in [0.15, 0.2) is 24.3 Å². The van der Waals surface area contributed by atoms with Crippen molar-refractivity contribution in [3.63, 3.8) is 0 Å². The van der Waals surface area contributed by atoms with Gasteiger partial charge >= 0.3 is 6.03 Å². The molecule has 4 heteroatoms. The van der Waals surface area contributed by atoms with Gasteiger partial charge in [0.2, 0.25) is 0 Å². The molecule has 1 aromatic carbocycles. The summed E-state index contributed by atoms with van der Waals surface area (Å²) in [7, 11) is 1.89. The van der Waals surface area contributed by atoms with Crippen LogP contribution in [0, 0.1) is 5.41 Å². The van der Waals surface area contributed by atoms with Crippen molar-refractivity contribution in [3.8, 4) is 0 Å². The molecule has 2 aliphatic rings. The van der Waals surface area contributed by atoms with Crippen LogP contribution in [0.4, 0.5) is 10.5 Å². The lowest BCUT2D eigenvalue weighted by Gasteiger charge is -2.40. The molecule has 0 N–H and O–H groups in total. The molecule has 0 bridgehead atoms. The van der Waals surface area contributed by atoms with E-state index in [0.717, 1.165) is 17.6 Å². The van der Waals surface area contributed by atoms with Crippen molar-refractivity contribution in [1.82, 2.24) is 4.90 Å². The van der Waals surface area contributed by atoms with E-state index in [2.05, 4.69) is 34.1 Å². The van der Waals surface area contributed by atoms with E-state index >= 15 is 0 Å². The van der Waals surface area contributed by atoms with Gasteiger partial charge in [0.05, 0.1) is 5.69 Å². The number of fused-ring (bicyclic) bond motifs is 1. The molecule has 1 aliphatic heterocycles. The minimum atomic E-state index is 0.135. The van der Waals surface area contributed by atoms with Crippen LogP contribution in [0.2, 0.25) is 0 Å². The summed E-state index contributed by atoms with van der Waals surface area (Å²) in [6.07, 6.45) is 5.00. The standard InChI is InChI=1S/C16H21BrN2O/c1-18-10-13-6-2-3-7-14(13)19(15(18)20)12-16(11-17)8-4-5-9-16/h2-3,6-7H,4-5,8-12H2,1H3. The van der Waals surface area contributed by atoms with E-state index in [9.17, 15) is 4.79 Å². The predicted octanol–water partition coefficient (Wildman–Crippen LogP) is 4.01. The van der Waals surface area contributed by atoms with Gasteiger partial charge in [-0.25, -0.2) is 4.79 Å². The van der Waals surface area contributed by atoms with Crippen molar-refractivity contribution in [2.75, 3.05) is 23.8 Å². The normalized spacial score (nSPS) is 21.2. The van der Waals surface area contributed by atoms with E-state index in [1.54, 1.807) is 0 Å². The van der Waals surface area contributed by atoms with Crippen LogP contribution in [-0.4, -0.2) is 29.9 Å². The number of alkyl halides is 1. The Bertz CT molecular complexity index is 511. The summed E-state index contributed by atoms with van der Waals surface area (Å²) in [6.45, 7) is 1.55. The van der Waals surface area contributed by atoms with Gasteiger partial charge in [0.15, 0.2) is 0 Å². The molecule has 3 rings (SSSR count). The van der Waals surface area contributed by atoms with Gasteiger partial charge in [-0.1, -0.05) is 47.0 Å². The van der Waals surface area contributed by atoms with Crippen LogP contribution < -0.4 is 4.90 Å². The minimum absolute atomic E-state index is 0.135. The van der Waals surface area contributed by atoms with Crippen molar-refractivity contribution in [3.05, 3.63) is 29.8 Å². The summed E-state index contributed by atoms with van der Waals surface area (Å²) in [5, 5.41) is 0.982. The maximum absolute atomic E-state index is 12.6. The number of benzene rings is 1. The molecule has 0 radical (unpaired) electrons. The fraction of sp³-hybridized carbons (Fsp3) is 0.562. The molecule has 2 amide bonds. The molecule has 3 nitrogen and oxygen atoms in total. The second-order valence-corrected chi connectivity index (χ2v) is 6.75. The largest absolute Gasteiger partial charge is 0.324 e. The van der Waals surface area contributed by atoms with E-state index in [-0.39, 0.29) is 11.4 Å². The third-order valence-electron chi connectivity index (χ3n) is 4.69. The number of para-hydroxylation sites is 1. The molecule has 0 unspecified atom stereocenters. The topological polar surface area (TPSA) is 23.6 Å². The number of halogens is 1. The van der Waals surface area contributed by atoms with E-state index in [1.807, 2.05) is 22.9 Å². The summed E-state index contributed by atoms with van der Waals surface area (Å²) < 4.78 is 0. The average molecular weight is 337 g/mol. The fourth-order valence-electron chi connectivity index (χ4n) is 3.49. The molecule has 1 heterocycles. The molecule has 20 heavy (non-hydrogen) atoms. The van der Waals surface area contributed by atoms with E-state index in [1.165, 1.54) is 31.2 Å². The van der Waals surface area contributed by atoms with Crippen LogP contribution in [0.25, 0.3) is 0 Å². The quantitative estimate of drug-likeness (QED) is 0.765. The molecule has 1 aliphatic carbocycles. The second-order valence-electron chi connectivity index (χ2n) is 6.19. The van der Waals surface area contributed by atoms with Crippen LogP contribution in [-0.2, 0) is 6.54 Å². The highest BCUT2D eigenvalue weighted by Crippen LogP contribution is 2.42. The molecular formula is C16H21BrN2O. The lowest BCUT2D eigenvalue weighted by Crippen LogP contribution is -2.49. The first kappa shape index (κ1) is 13.9. The monoisotopic (exact) mass is 336 g/mol. The molecule has 0 spiro atoms. The molecule has 0 saturated heterocycles. The lowest BCUT2D eigenvalue weighted by atomic mass is 9.87. The number of anilines is 1. The van der Waals surface area contributed by atoms with Gasteiger partial charge in [-0.15, -0.1) is 0 Å². The highest BCUT2D eigenvalue weighted by atomic mass is 79.9. The Hall–Kier alpha value is -1.03. The number of amides is 2. The van der Waals surface area contributed by atoms with Gasteiger partial charge in [-0.2, -0.15) is 0 Å². The molecule has 0 atom stereocenters. The Kier molecular flexibility index (Phi) is 3.76. The highest BCUT2D eigenvalue weighted by molar-refractivity contribution is 9.09. The van der Waals surface area contributed by atoms with E-state index in [0.29, 0.717) is 6.54 Å². The predicted molar refractivity (Wildman–Crippen MR) is 85.3 cm³/mol. The smallest absolute Gasteiger partial charge is 0.323 e. The molecule has 1 saturated carbocycles. The van der Waals surface area contributed by atoms with Gasteiger partial charge in [0, 0.05) is 25.5 Å². The first-order valence-electron chi connectivity index (χ1n) is 7.32. The Labute approximate surface area is 129 Å². The second kappa shape index (κ2) is 5.40. The maximum atomic E-state index is 12.6. The summed E-state index contributed by atoms with van der Waals surface area (Å²) in [6, 6.07) is 8.42. The zero-order chi connectivity index (χ0) is 14.2. The minimum Gasteiger partial charge on any atom is -0.323 e. The van der Waals surface area contributed by atoms with Gasteiger partial charge < -0.3 is 4.90 Å². The Morgan fingerprint density at radius 1 is 1.25 bits per heavy atom. The number of carbonyl (C=O) groups excluding carboxylic acids is 1. The van der Waals surface area contributed by atoms with Gasteiger partial charge in [0.25, 0.3) is 0 Å². The fourth-order valence-corrected chi connectivity index (χ4v) is 4.23. The molecule has 0 aromatic heterocycles. The Morgan fingerprint density at radius 3 is 2.65 bits per heavy atom. The maximum Gasteiger partial charge on any atom is 0.324 e. The SMILES string of the molecule is CN1Cc2ccccc2N(CC2(CBr)CCCC2)C1=O. The number of urea groups is 1. The number of hydrogen-bond acceptors (Lipinski definition) is 1. The summed E-state index contributed by atoms with van der Waals surface area (Å²) in [5.41, 5.74) is 2.60. The molecule has 1 fully saturated rings. The zero-order valence-corrected chi connectivity index (χ0v) is 13.5. The Morgan fingerprint density at radius 2 is 1.95 bits per heavy atom. The summed E-state index contributed by atoms with van der Waals surface area (Å²) in [4.78, 5) is 16.4. The van der Waals surface area contributed by atoms with Gasteiger partial charge in [0.1, 0.15) is 0 Å². The van der Waals surface area contributed by atoms with E-state index < -0.39 is 0 Å². The molecular weight excluding hydrogens is 316 g/mol. The van der Waals surface area contributed by atoms with Crippen molar-refractivity contribution < 1.29 is 4.79 Å². The van der Waals surface area contributed by atoms with Crippen LogP contribution in [0.5, 0.6) is 0 Å². The van der Waals surface area contributed by atoms with Crippen molar-refractivity contribution >= 4 is 27.6 Å². The van der Waals surface area contributed by atoms with Crippen molar-refractivity contribution in [1.29, 1.82) is 0 Å². The summed E-state index contributed by atoms with van der Waals surface area (Å²) in [5.74, 6) is 0. The van der Waals surface area contributed by atoms with Crippen LogP contribution in [0.3, 0.4) is 0 Å². The molecule has 1 aromatic rings. The van der Waals surface area contributed by atoms with Crippen molar-refractivity contribution in [2.24, 2.45) is 5.41 Å². The van der Waals surface area contributed by atoms with Gasteiger partial charge in [-0.3, -0.25) is 4.90 Å². The molecule has 108 valence electrons.